The van der Waals surface area contributed by atoms with Crippen molar-refractivity contribution in [1.82, 2.24) is 20.2 Å². The number of pyridine rings is 2. The number of amides is 2. The molecule has 1 aromatic carbocycles. The van der Waals surface area contributed by atoms with Crippen LogP contribution in [0.2, 0.25) is 5.02 Å². The van der Waals surface area contributed by atoms with Crippen molar-refractivity contribution in [3.8, 4) is 11.5 Å². The highest BCUT2D eigenvalue weighted by atomic mass is 35.5. The monoisotopic (exact) mass is 677 g/mol. The van der Waals surface area contributed by atoms with Gasteiger partial charge in [-0.1, -0.05) is 29.9 Å². The first-order valence-electron chi connectivity index (χ1n) is 13.9. The molecule has 0 atom stereocenters. The molecule has 10 nitrogen and oxygen atoms in total. The number of benzene rings is 1. The van der Waals surface area contributed by atoms with Gasteiger partial charge in [-0.3, -0.25) is 14.8 Å². The lowest BCUT2D eigenvalue weighted by atomic mass is 10.0. The van der Waals surface area contributed by atoms with E-state index in [4.69, 9.17) is 38.0 Å². The maximum atomic E-state index is 13.8. The fourth-order valence-electron chi connectivity index (χ4n) is 4.46. The van der Waals surface area contributed by atoms with E-state index in [-0.39, 0.29) is 41.5 Å². The Morgan fingerprint density at radius 2 is 1.89 bits per heavy atom. The number of anilines is 1. The van der Waals surface area contributed by atoms with Crippen LogP contribution in [-0.4, -0.2) is 51.1 Å². The van der Waals surface area contributed by atoms with Gasteiger partial charge in [0.1, 0.15) is 22.9 Å². The predicted molar refractivity (Wildman–Crippen MR) is 168 cm³/mol. The highest BCUT2D eigenvalue weighted by Gasteiger charge is 2.37. The maximum absolute atomic E-state index is 13.8. The molecular formula is C31H31ClF3N5O5S. The van der Waals surface area contributed by atoms with Gasteiger partial charge in [-0.15, -0.1) is 0 Å². The summed E-state index contributed by atoms with van der Waals surface area (Å²) < 4.78 is 56.9. The number of imide groups is 1. The minimum Gasteiger partial charge on any atom is -0.493 e. The number of alkyl halides is 3. The minimum absolute atomic E-state index is 0.00226. The number of para-hydroxylation sites is 1. The molecule has 3 aromatic rings. The fourth-order valence-corrected chi connectivity index (χ4v) is 5.03. The van der Waals surface area contributed by atoms with E-state index in [1.54, 1.807) is 45.0 Å². The summed E-state index contributed by atoms with van der Waals surface area (Å²) in [5, 5.41) is 6.51. The SMILES string of the molecule is COc1c(Cl)cccc1NC(=S)C1=C(NCc2ccncc2OCc2ncccc2C(F)(F)F)CCN(C(=O)OC(C)(C)C)C1=O. The van der Waals surface area contributed by atoms with Crippen LogP contribution >= 0.6 is 23.8 Å². The number of aromatic nitrogens is 2. The second kappa shape index (κ2) is 14.3. The smallest absolute Gasteiger partial charge is 0.418 e. The van der Waals surface area contributed by atoms with E-state index in [1.807, 2.05) is 0 Å². The summed E-state index contributed by atoms with van der Waals surface area (Å²) in [6.07, 6.45) is -1.11. The van der Waals surface area contributed by atoms with Crippen LogP contribution in [0.3, 0.4) is 0 Å². The molecule has 1 aliphatic heterocycles. The van der Waals surface area contributed by atoms with Gasteiger partial charge in [-0.25, -0.2) is 9.69 Å². The number of carbonyl (C=O) groups excluding carboxylic acids is 2. The Morgan fingerprint density at radius 3 is 2.59 bits per heavy atom. The van der Waals surface area contributed by atoms with Gasteiger partial charge in [0.25, 0.3) is 5.91 Å². The Hall–Kier alpha value is -4.43. The third-order valence-electron chi connectivity index (χ3n) is 6.53. The molecule has 46 heavy (non-hydrogen) atoms. The Bertz CT molecular complexity index is 1660. The van der Waals surface area contributed by atoms with Crippen molar-refractivity contribution in [2.45, 2.75) is 52.1 Å². The Balaban J connectivity index is 1.61. The van der Waals surface area contributed by atoms with Crippen LogP contribution in [-0.2, 0) is 28.9 Å². The van der Waals surface area contributed by atoms with Crippen LogP contribution in [0.5, 0.6) is 11.5 Å². The zero-order chi connectivity index (χ0) is 33.6. The van der Waals surface area contributed by atoms with E-state index >= 15 is 0 Å². The molecule has 2 amide bonds. The Labute approximate surface area is 273 Å². The number of nitrogens with zero attached hydrogens (tertiary/aromatic N) is 3. The van der Waals surface area contributed by atoms with Gasteiger partial charge in [-0.05, 0) is 51.1 Å². The lowest BCUT2D eigenvalue weighted by Crippen LogP contribution is -2.47. The quantitative estimate of drug-likeness (QED) is 0.238. The molecule has 2 aromatic heterocycles. The zero-order valence-corrected chi connectivity index (χ0v) is 26.9. The van der Waals surface area contributed by atoms with E-state index in [0.29, 0.717) is 27.7 Å². The summed E-state index contributed by atoms with van der Waals surface area (Å²) in [5.74, 6) is -0.186. The molecule has 0 aliphatic carbocycles. The normalized spacial score (nSPS) is 13.7. The molecule has 15 heteroatoms. The number of rotatable bonds is 9. The van der Waals surface area contributed by atoms with Crippen molar-refractivity contribution in [3.05, 3.63) is 88.1 Å². The lowest BCUT2D eigenvalue weighted by Gasteiger charge is -2.31. The van der Waals surface area contributed by atoms with Crippen LogP contribution in [0.15, 0.2) is 66.3 Å². The standard InChI is InChI=1S/C31H31ClF3N5O5S/c1-30(2,3)45-29(42)40-14-11-21(25(28(40)41)27(46)39-22-9-5-8-20(32)26(22)43-4)38-15-18-10-13-36-16-24(18)44-17-23-19(31(33,34)35)7-6-12-37-23/h5-10,12-13,16,38H,11,14-15,17H2,1-4H3,(H,39,46). The number of ether oxygens (including phenoxy) is 3. The fraction of sp³-hybridized carbons (Fsp3) is 0.323. The minimum atomic E-state index is -4.60. The third kappa shape index (κ3) is 8.43. The topological polar surface area (TPSA) is 115 Å². The highest BCUT2D eigenvalue weighted by Crippen LogP contribution is 2.34. The lowest BCUT2D eigenvalue weighted by molar-refractivity contribution is -0.139. The number of thiocarbonyl (C=S) groups is 1. The van der Waals surface area contributed by atoms with Crippen molar-refractivity contribution in [1.29, 1.82) is 0 Å². The van der Waals surface area contributed by atoms with Gasteiger partial charge in [0, 0.05) is 43.2 Å². The molecule has 2 N–H and O–H groups in total. The molecule has 0 saturated carbocycles. The highest BCUT2D eigenvalue weighted by molar-refractivity contribution is 7.81. The molecule has 0 fully saturated rings. The average molecular weight is 678 g/mol. The molecule has 0 radical (unpaired) electrons. The van der Waals surface area contributed by atoms with Crippen LogP contribution in [0.25, 0.3) is 0 Å². The summed E-state index contributed by atoms with van der Waals surface area (Å²) >= 11 is 11.9. The van der Waals surface area contributed by atoms with E-state index in [1.165, 1.54) is 31.8 Å². The Kier molecular flexibility index (Phi) is 10.7. The molecule has 1 aliphatic rings. The van der Waals surface area contributed by atoms with Crippen molar-refractivity contribution in [2.75, 3.05) is 19.0 Å². The van der Waals surface area contributed by atoms with Gasteiger partial charge in [0.15, 0.2) is 5.75 Å². The molecule has 0 spiro atoms. The summed E-state index contributed by atoms with van der Waals surface area (Å²) in [7, 11) is 1.43. The number of methoxy groups -OCH3 is 1. The zero-order valence-electron chi connectivity index (χ0n) is 25.3. The summed E-state index contributed by atoms with van der Waals surface area (Å²) in [6.45, 7) is 4.68. The number of hydrogen-bond donors (Lipinski definition) is 2. The van der Waals surface area contributed by atoms with E-state index in [0.717, 1.165) is 11.0 Å². The summed E-state index contributed by atoms with van der Waals surface area (Å²) in [5.41, 5.74) is -0.684. The number of nitrogens with one attached hydrogen (secondary N) is 2. The third-order valence-corrected chi connectivity index (χ3v) is 7.13. The van der Waals surface area contributed by atoms with Crippen LogP contribution in [0.1, 0.15) is 44.0 Å². The number of carbonyl (C=O) groups is 2. The van der Waals surface area contributed by atoms with Crippen LogP contribution in [0.4, 0.5) is 23.7 Å². The second-order valence-corrected chi connectivity index (χ2v) is 11.8. The second-order valence-electron chi connectivity index (χ2n) is 10.9. The van der Waals surface area contributed by atoms with Crippen molar-refractivity contribution in [3.63, 3.8) is 0 Å². The molecular weight excluding hydrogens is 647 g/mol. The van der Waals surface area contributed by atoms with E-state index in [9.17, 15) is 22.8 Å². The van der Waals surface area contributed by atoms with Gasteiger partial charge >= 0.3 is 12.3 Å². The van der Waals surface area contributed by atoms with Crippen molar-refractivity contribution < 1.29 is 37.0 Å². The first kappa shape index (κ1) is 34.4. The first-order chi connectivity index (χ1) is 21.7. The molecule has 3 heterocycles. The molecule has 4 rings (SSSR count). The molecule has 0 saturated heterocycles. The van der Waals surface area contributed by atoms with E-state index < -0.39 is 35.9 Å². The van der Waals surface area contributed by atoms with Crippen molar-refractivity contribution in [2.24, 2.45) is 0 Å². The molecule has 244 valence electrons. The average Bonchev–Trinajstić information content (AvgIpc) is 2.98. The van der Waals surface area contributed by atoms with Gasteiger partial charge in [-0.2, -0.15) is 13.2 Å². The molecule has 0 unspecified atom stereocenters. The maximum Gasteiger partial charge on any atom is 0.418 e. The molecule has 0 bridgehead atoms. The summed E-state index contributed by atoms with van der Waals surface area (Å²) in [6, 6.07) is 8.72. The van der Waals surface area contributed by atoms with Gasteiger partial charge in [0.05, 0.1) is 40.8 Å². The number of halogens is 4. The predicted octanol–water partition coefficient (Wildman–Crippen LogP) is 6.69. The number of hydrogen-bond acceptors (Lipinski definition) is 9. The van der Waals surface area contributed by atoms with Crippen LogP contribution in [0, 0.1) is 0 Å². The first-order valence-corrected chi connectivity index (χ1v) is 14.7. The van der Waals surface area contributed by atoms with Crippen LogP contribution < -0.4 is 20.1 Å². The Morgan fingerprint density at radius 1 is 1.13 bits per heavy atom. The van der Waals surface area contributed by atoms with E-state index in [2.05, 4.69) is 20.6 Å². The summed E-state index contributed by atoms with van der Waals surface area (Å²) in [4.78, 5) is 35.5. The largest absolute Gasteiger partial charge is 0.493 e. The van der Waals surface area contributed by atoms with Gasteiger partial charge < -0.3 is 24.8 Å². The van der Waals surface area contributed by atoms with Crippen molar-refractivity contribution >= 4 is 46.5 Å². The van der Waals surface area contributed by atoms with Gasteiger partial charge in [0.2, 0.25) is 0 Å².